The van der Waals surface area contributed by atoms with Crippen molar-refractivity contribution in [2.45, 2.75) is 44.8 Å². The van der Waals surface area contributed by atoms with Gasteiger partial charge in [0, 0.05) is 31.1 Å². The molecule has 7 N–H and O–H groups in total. The zero-order valence-electron chi connectivity index (χ0n) is 18.8. The summed E-state index contributed by atoms with van der Waals surface area (Å²) >= 11 is 1.27. The van der Waals surface area contributed by atoms with Crippen molar-refractivity contribution in [1.82, 2.24) is 10.3 Å². The number of nitrogens with two attached hydrogens (primary N) is 2. The van der Waals surface area contributed by atoms with Gasteiger partial charge in [-0.05, 0) is 48.6 Å². The van der Waals surface area contributed by atoms with Gasteiger partial charge in [0.25, 0.3) is 5.91 Å². The lowest BCUT2D eigenvalue weighted by Gasteiger charge is -2.34. The minimum atomic E-state index is -0.618. The van der Waals surface area contributed by atoms with E-state index in [4.69, 9.17) is 16.5 Å². The van der Waals surface area contributed by atoms with Crippen LogP contribution in [0.5, 0.6) is 5.75 Å². The van der Waals surface area contributed by atoms with Crippen LogP contribution in [0.1, 0.15) is 53.1 Å². The average molecular weight is 470 g/mol. The quantitative estimate of drug-likeness (QED) is 0.342. The van der Waals surface area contributed by atoms with Gasteiger partial charge in [0.1, 0.15) is 21.3 Å². The first-order valence-electron chi connectivity index (χ1n) is 11.3. The molecule has 4 rings (SSSR count). The summed E-state index contributed by atoms with van der Waals surface area (Å²) in [4.78, 5) is 20.0. The standard InChI is InChI=1S/C24H31N5O3S/c1-2-3-15-12-19(28-24-20(15)21(25)22(33-24)23(26)32)29-10-8-16(9-11-29)27-13-18(31)14-4-6-17(30)7-5-14/h4-7,12,16,18,27,30-31H,2-3,8-11,13,25H2,1H3,(H2,26,32). The third kappa shape index (κ3) is 5.05. The van der Waals surface area contributed by atoms with Crippen LogP contribution in [0.4, 0.5) is 11.5 Å². The van der Waals surface area contributed by atoms with Crippen molar-refractivity contribution in [1.29, 1.82) is 0 Å². The number of rotatable bonds is 8. The minimum Gasteiger partial charge on any atom is -0.508 e. The highest BCUT2D eigenvalue weighted by Gasteiger charge is 2.24. The van der Waals surface area contributed by atoms with Gasteiger partial charge in [-0.15, -0.1) is 11.3 Å². The molecular weight excluding hydrogens is 438 g/mol. The zero-order chi connectivity index (χ0) is 23.5. The van der Waals surface area contributed by atoms with E-state index in [-0.39, 0.29) is 5.75 Å². The number of aryl methyl sites for hydroxylation is 1. The number of pyridine rings is 1. The van der Waals surface area contributed by atoms with Crippen LogP contribution in [0.3, 0.4) is 0 Å². The van der Waals surface area contributed by atoms with Gasteiger partial charge in [0.15, 0.2) is 0 Å². The number of thiophene rings is 1. The Hall–Kier alpha value is -2.88. The Balaban J connectivity index is 1.42. The number of nitrogens with one attached hydrogen (secondary N) is 1. The van der Waals surface area contributed by atoms with Gasteiger partial charge in [0.2, 0.25) is 0 Å². The first-order chi connectivity index (χ1) is 15.9. The third-order valence-electron chi connectivity index (χ3n) is 6.21. The van der Waals surface area contributed by atoms with Crippen molar-refractivity contribution in [3.8, 4) is 5.75 Å². The first kappa shape index (κ1) is 23.3. The molecule has 1 saturated heterocycles. The number of nitrogen functional groups attached to an aromatic ring is 1. The summed E-state index contributed by atoms with van der Waals surface area (Å²) in [5.74, 6) is 0.586. The number of fused-ring (bicyclic) bond motifs is 1. The Bertz CT molecular complexity index is 1120. The number of carbonyl (C=O) groups excluding carboxylic acids is 1. The Kier molecular flexibility index (Phi) is 7.02. The highest BCUT2D eigenvalue weighted by molar-refractivity contribution is 7.21. The number of nitrogens with zero attached hydrogens (tertiary/aromatic N) is 2. The minimum absolute atomic E-state index is 0.191. The van der Waals surface area contributed by atoms with Crippen molar-refractivity contribution in [2.24, 2.45) is 5.73 Å². The van der Waals surface area contributed by atoms with E-state index in [0.717, 1.165) is 65.9 Å². The molecule has 9 heteroatoms. The lowest BCUT2D eigenvalue weighted by Crippen LogP contribution is -2.44. The molecule has 0 saturated carbocycles. The van der Waals surface area contributed by atoms with Crippen LogP contribution in [-0.4, -0.2) is 46.8 Å². The highest BCUT2D eigenvalue weighted by atomic mass is 32.1. The lowest BCUT2D eigenvalue weighted by atomic mass is 10.0. The van der Waals surface area contributed by atoms with Crippen molar-refractivity contribution in [3.05, 3.63) is 46.3 Å². The monoisotopic (exact) mass is 469 g/mol. The number of aliphatic hydroxyl groups is 1. The van der Waals surface area contributed by atoms with Crippen molar-refractivity contribution >= 4 is 39.0 Å². The Morgan fingerprint density at radius 2 is 2.00 bits per heavy atom. The first-order valence-corrected chi connectivity index (χ1v) is 12.2. The number of carbonyl (C=O) groups is 1. The van der Waals surface area contributed by atoms with Crippen molar-refractivity contribution in [2.75, 3.05) is 30.3 Å². The number of amides is 1. The number of aromatic hydroxyl groups is 1. The number of benzene rings is 1. The van der Waals surface area contributed by atoms with Gasteiger partial charge in [-0.1, -0.05) is 25.5 Å². The summed E-state index contributed by atoms with van der Waals surface area (Å²) in [5.41, 5.74) is 14.1. The number of phenolic OH excluding ortho intramolecular Hbond substituents is 1. The number of hydrogen-bond donors (Lipinski definition) is 5. The summed E-state index contributed by atoms with van der Waals surface area (Å²) in [5, 5.41) is 24.1. The molecular formula is C24H31N5O3S. The van der Waals surface area contributed by atoms with Gasteiger partial charge >= 0.3 is 0 Å². The molecule has 1 fully saturated rings. The molecule has 0 spiro atoms. The summed E-state index contributed by atoms with van der Waals surface area (Å²) in [7, 11) is 0. The summed E-state index contributed by atoms with van der Waals surface area (Å²) in [6.07, 6.45) is 3.08. The number of anilines is 2. The molecule has 1 aliphatic rings. The van der Waals surface area contributed by atoms with Crippen molar-refractivity contribution < 1.29 is 15.0 Å². The SMILES string of the molecule is CCCc1cc(N2CCC(NCC(O)c3ccc(O)cc3)CC2)nc2sc(C(N)=O)c(N)c12. The fourth-order valence-corrected chi connectivity index (χ4v) is 5.39. The zero-order valence-corrected chi connectivity index (χ0v) is 19.6. The molecule has 0 bridgehead atoms. The van der Waals surface area contributed by atoms with Gasteiger partial charge in [0.05, 0.1) is 11.8 Å². The van der Waals surface area contributed by atoms with E-state index in [2.05, 4.69) is 23.2 Å². The van der Waals surface area contributed by atoms with Crippen LogP contribution in [-0.2, 0) is 6.42 Å². The molecule has 8 nitrogen and oxygen atoms in total. The lowest BCUT2D eigenvalue weighted by molar-refractivity contribution is 0.100. The Labute approximate surface area is 197 Å². The molecule has 3 aromatic rings. The molecule has 2 aromatic heterocycles. The molecule has 176 valence electrons. The largest absolute Gasteiger partial charge is 0.508 e. The summed E-state index contributed by atoms with van der Waals surface area (Å²) in [6, 6.07) is 9.05. The molecule has 1 amide bonds. The molecule has 0 aliphatic carbocycles. The molecule has 3 heterocycles. The predicted molar refractivity (Wildman–Crippen MR) is 133 cm³/mol. The maximum atomic E-state index is 11.8. The van der Waals surface area contributed by atoms with E-state index in [1.54, 1.807) is 24.3 Å². The maximum Gasteiger partial charge on any atom is 0.260 e. The fraction of sp³-hybridized carbons (Fsp3) is 0.417. The second-order valence-electron chi connectivity index (χ2n) is 8.56. The maximum absolute atomic E-state index is 11.8. The molecule has 1 unspecified atom stereocenters. The number of primary amides is 1. The second kappa shape index (κ2) is 9.94. The van der Waals surface area contributed by atoms with Crippen LogP contribution >= 0.6 is 11.3 Å². The fourth-order valence-electron chi connectivity index (χ4n) is 4.40. The molecule has 1 aliphatic heterocycles. The van der Waals surface area contributed by atoms with Crippen LogP contribution in [0, 0.1) is 0 Å². The number of aliphatic hydroxyl groups excluding tert-OH is 1. The van der Waals surface area contributed by atoms with E-state index in [1.807, 2.05) is 0 Å². The molecule has 33 heavy (non-hydrogen) atoms. The predicted octanol–water partition coefficient (Wildman–Crippen LogP) is 2.93. The topological polar surface area (TPSA) is 138 Å². The van der Waals surface area contributed by atoms with Gasteiger partial charge in [-0.2, -0.15) is 0 Å². The highest BCUT2D eigenvalue weighted by Crippen LogP contribution is 2.37. The van der Waals surface area contributed by atoms with Gasteiger partial charge in [-0.25, -0.2) is 4.98 Å². The van der Waals surface area contributed by atoms with Crippen LogP contribution < -0.4 is 21.7 Å². The van der Waals surface area contributed by atoms with Gasteiger partial charge in [-0.3, -0.25) is 4.79 Å². The Morgan fingerprint density at radius 3 is 2.64 bits per heavy atom. The van der Waals surface area contributed by atoms with E-state index in [1.165, 1.54) is 11.3 Å². The average Bonchev–Trinajstić information content (AvgIpc) is 3.15. The van der Waals surface area contributed by atoms with Gasteiger partial charge < -0.3 is 31.9 Å². The van der Waals surface area contributed by atoms with Crippen LogP contribution in [0.25, 0.3) is 10.2 Å². The molecule has 1 atom stereocenters. The molecule has 0 radical (unpaired) electrons. The summed E-state index contributed by atoms with van der Waals surface area (Å²) < 4.78 is 0. The molecule has 1 aromatic carbocycles. The third-order valence-corrected chi connectivity index (χ3v) is 7.32. The van der Waals surface area contributed by atoms with E-state index >= 15 is 0 Å². The van der Waals surface area contributed by atoms with E-state index < -0.39 is 12.0 Å². The smallest absolute Gasteiger partial charge is 0.260 e. The van der Waals surface area contributed by atoms with Crippen LogP contribution in [0.15, 0.2) is 30.3 Å². The summed E-state index contributed by atoms with van der Waals surface area (Å²) in [6.45, 7) is 4.28. The van der Waals surface area contributed by atoms with Crippen LogP contribution in [0.2, 0.25) is 0 Å². The second-order valence-corrected chi connectivity index (χ2v) is 9.55. The number of aromatic nitrogens is 1. The normalized spacial score (nSPS) is 15.8. The van der Waals surface area contributed by atoms with E-state index in [0.29, 0.717) is 23.2 Å². The van der Waals surface area contributed by atoms with E-state index in [9.17, 15) is 15.0 Å². The Morgan fingerprint density at radius 1 is 1.30 bits per heavy atom. The number of phenols is 1. The number of hydrogen-bond acceptors (Lipinski definition) is 8. The number of piperidine rings is 1. The van der Waals surface area contributed by atoms with Crippen molar-refractivity contribution in [3.63, 3.8) is 0 Å².